The van der Waals surface area contributed by atoms with Crippen LogP contribution in [0.1, 0.15) is 23.7 Å². The molecule has 0 fully saturated rings. The fourth-order valence-corrected chi connectivity index (χ4v) is 1.82. The molecule has 110 valence electrons. The zero-order chi connectivity index (χ0) is 15.2. The van der Waals surface area contributed by atoms with Gasteiger partial charge in [0.05, 0.1) is 6.61 Å². The van der Waals surface area contributed by atoms with E-state index < -0.39 is 11.5 Å². The van der Waals surface area contributed by atoms with Crippen molar-refractivity contribution in [3.8, 4) is 5.75 Å². The molecule has 0 saturated carbocycles. The van der Waals surface area contributed by atoms with Crippen LogP contribution in [0, 0.1) is 0 Å². The summed E-state index contributed by atoms with van der Waals surface area (Å²) in [4.78, 5) is 23.7. The van der Waals surface area contributed by atoms with Crippen LogP contribution in [0.4, 0.5) is 0 Å². The van der Waals surface area contributed by atoms with Crippen molar-refractivity contribution in [3.63, 3.8) is 0 Å². The van der Waals surface area contributed by atoms with E-state index in [4.69, 9.17) is 9.15 Å². The lowest BCUT2D eigenvalue weighted by Gasteiger charge is -2.06. The number of hydrogen-bond donors (Lipinski definition) is 1. The van der Waals surface area contributed by atoms with Crippen molar-refractivity contribution >= 4 is 16.9 Å². The summed E-state index contributed by atoms with van der Waals surface area (Å²) >= 11 is 0. The molecule has 5 heteroatoms. The first kappa shape index (κ1) is 14.8. The van der Waals surface area contributed by atoms with Gasteiger partial charge in [-0.15, -0.1) is 6.58 Å². The first-order valence-electron chi connectivity index (χ1n) is 6.75. The van der Waals surface area contributed by atoms with Crippen LogP contribution in [0.25, 0.3) is 11.0 Å². The number of benzene rings is 1. The molecule has 0 bridgehead atoms. The van der Waals surface area contributed by atoms with Gasteiger partial charge in [0.15, 0.2) is 0 Å². The van der Waals surface area contributed by atoms with Gasteiger partial charge in [-0.25, -0.2) is 4.79 Å². The van der Waals surface area contributed by atoms with Crippen molar-refractivity contribution in [2.24, 2.45) is 0 Å². The van der Waals surface area contributed by atoms with Crippen molar-refractivity contribution in [2.75, 3.05) is 13.2 Å². The highest BCUT2D eigenvalue weighted by Crippen LogP contribution is 2.20. The Balaban J connectivity index is 2.35. The van der Waals surface area contributed by atoms with Crippen LogP contribution in [-0.4, -0.2) is 19.1 Å². The van der Waals surface area contributed by atoms with Crippen molar-refractivity contribution in [1.82, 2.24) is 5.32 Å². The van der Waals surface area contributed by atoms with E-state index in [9.17, 15) is 9.59 Å². The normalized spacial score (nSPS) is 10.3. The summed E-state index contributed by atoms with van der Waals surface area (Å²) in [5.41, 5.74) is -0.294. The molecule has 0 atom stereocenters. The second-order valence-electron chi connectivity index (χ2n) is 4.49. The topological polar surface area (TPSA) is 68.5 Å². The molecule has 1 N–H and O–H groups in total. The predicted octanol–water partition coefficient (Wildman–Crippen LogP) is 2.50. The maximum atomic E-state index is 11.9. The van der Waals surface area contributed by atoms with Crippen LogP contribution >= 0.6 is 0 Å². The Morgan fingerprint density at radius 3 is 2.95 bits per heavy atom. The Hall–Kier alpha value is -2.56. The van der Waals surface area contributed by atoms with E-state index in [-0.39, 0.29) is 5.56 Å². The van der Waals surface area contributed by atoms with Gasteiger partial charge < -0.3 is 14.5 Å². The number of fused-ring (bicyclic) bond motifs is 1. The number of nitrogens with one attached hydrogen (secondary N) is 1. The molecule has 1 heterocycles. The zero-order valence-electron chi connectivity index (χ0n) is 11.8. The van der Waals surface area contributed by atoms with Gasteiger partial charge in [0.25, 0.3) is 5.91 Å². The van der Waals surface area contributed by atoms with E-state index in [1.165, 1.54) is 12.1 Å². The monoisotopic (exact) mass is 287 g/mol. The van der Waals surface area contributed by atoms with Crippen molar-refractivity contribution in [1.29, 1.82) is 0 Å². The molecule has 1 aromatic carbocycles. The number of hydrogen-bond acceptors (Lipinski definition) is 4. The molecule has 21 heavy (non-hydrogen) atoms. The molecule has 1 aromatic heterocycles. The molecule has 2 aromatic rings. The van der Waals surface area contributed by atoms with Gasteiger partial charge in [-0.2, -0.15) is 0 Å². The second kappa shape index (κ2) is 6.74. The largest absolute Gasteiger partial charge is 0.493 e. The van der Waals surface area contributed by atoms with E-state index in [1.807, 2.05) is 6.92 Å². The molecule has 0 spiro atoms. The van der Waals surface area contributed by atoms with Crippen LogP contribution in [0.2, 0.25) is 0 Å². The van der Waals surface area contributed by atoms with Crippen molar-refractivity contribution in [3.05, 3.63) is 52.9 Å². The van der Waals surface area contributed by atoms with E-state index in [0.29, 0.717) is 29.9 Å². The first-order chi connectivity index (χ1) is 10.2. The minimum absolute atomic E-state index is 0.0217. The molecule has 0 aliphatic heterocycles. The number of ether oxygens (including phenoxy) is 1. The Bertz CT molecular complexity index is 718. The Kier molecular flexibility index (Phi) is 4.77. The lowest BCUT2D eigenvalue weighted by molar-refractivity contribution is 0.0954. The van der Waals surface area contributed by atoms with E-state index in [1.54, 1.807) is 18.2 Å². The van der Waals surface area contributed by atoms with Gasteiger partial charge in [-0.1, -0.05) is 13.0 Å². The molecule has 0 aliphatic carbocycles. The molecular weight excluding hydrogens is 270 g/mol. The summed E-state index contributed by atoms with van der Waals surface area (Å²) in [5, 5.41) is 3.22. The van der Waals surface area contributed by atoms with Crippen LogP contribution in [0.15, 0.2) is 46.1 Å². The molecule has 5 nitrogen and oxygen atoms in total. The third-order valence-corrected chi connectivity index (χ3v) is 2.83. The van der Waals surface area contributed by atoms with Crippen LogP contribution < -0.4 is 15.7 Å². The Morgan fingerprint density at radius 1 is 1.43 bits per heavy atom. The van der Waals surface area contributed by atoms with Gasteiger partial charge in [-0.3, -0.25) is 4.79 Å². The summed E-state index contributed by atoms with van der Waals surface area (Å²) in [6, 6.07) is 6.71. The molecule has 0 unspecified atom stereocenters. The molecular formula is C16H17NO4. The molecule has 0 radical (unpaired) electrons. The van der Waals surface area contributed by atoms with Crippen LogP contribution in [0.3, 0.4) is 0 Å². The lowest BCUT2D eigenvalue weighted by Crippen LogP contribution is -2.28. The Labute approximate surface area is 122 Å². The van der Waals surface area contributed by atoms with Gasteiger partial charge in [0, 0.05) is 18.0 Å². The molecule has 2 rings (SSSR count). The zero-order valence-corrected chi connectivity index (χ0v) is 11.8. The summed E-state index contributed by atoms with van der Waals surface area (Å²) in [5.74, 6) is 0.160. The smallest absolute Gasteiger partial charge is 0.349 e. The van der Waals surface area contributed by atoms with Gasteiger partial charge in [0.2, 0.25) is 0 Å². The fourth-order valence-electron chi connectivity index (χ4n) is 1.82. The lowest BCUT2D eigenvalue weighted by atomic mass is 10.1. The average molecular weight is 287 g/mol. The second-order valence-corrected chi connectivity index (χ2v) is 4.49. The van der Waals surface area contributed by atoms with E-state index >= 15 is 0 Å². The number of rotatable bonds is 6. The van der Waals surface area contributed by atoms with E-state index in [0.717, 1.165) is 6.42 Å². The SMILES string of the molecule is C=CCNC(=O)c1cc2ccc(OCCC)cc2oc1=O. The van der Waals surface area contributed by atoms with Gasteiger partial charge in [0.1, 0.15) is 16.9 Å². The summed E-state index contributed by atoms with van der Waals surface area (Å²) in [6.45, 7) is 6.40. The number of carbonyl (C=O) groups is 1. The van der Waals surface area contributed by atoms with Gasteiger partial charge >= 0.3 is 5.63 Å². The maximum Gasteiger partial charge on any atom is 0.349 e. The summed E-state index contributed by atoms with van der Waals surface area (Å²) < 4.78 is 10.7. The van der Waals surface area contributed by atoms with Crippen molar-refractivity contribution in [2.45, 2.75) is 13.3 Å². The van der Waals surface area contributed by atoms with Crippen molar-refractivity contribution < 1.29 is 13.9 Å². The summed E-state index contributed by atoms with van der Waals surface area (Å²) in [7, 11) is 0. The number of amides is 1. The third kappa shape index (κ3) is 3.51. The highest BCUT2D eigenvalue weighted by atomic mass is 16.5. The highest BCUT2D eigenvalue weighted by Gasteiger charge is 2.13. The third-order valence-electron chi connectivity index (χ3n) is 2.83. The Morgan fingerprint density at radius 2 is 2.24 bits per heavy atom. The number of carbonyl (C=O) groups excluding carboxylic acids is 1. The molecule has 1 amide bonds. The standard InChI is InChI=1S/C16H17NO4/c1-3-7-17-15(18)13-9-11-5-6-12(20-8-4-2)10-14(11)21-16(13)19/h3,5-6,9-10H,1,4,7-8H2,2H3,(H,17,18). The van der Waals surface area contributed by atoms with Crippen LogP contribution in [-0.2, 0) is 0 Å². The van der Waals surface area contributed by atoms with Crippen LogP contribution in [0.5, 0.6) is 5.75 Å². The average Bonchev–Trinajstić information content (AvgIpc) is 2.49. The first-order valence-corrected chi connectivity index (χ1v) is 6.75. The highest BCUT2D eigenvalue weighted by molar-refractivity contribution is 5.96. The summed E-state index contributed by atoms with van der Waals surface area (Å²) in [6.07, 6.45) is 2.43. The van der Waals surface area contributed by atoms with E-state index in [2.05, 4.69) is 11.9 Å². The fraction of sp³-hybridized carbons (Fsp3) is 0.250. The minimum atomic E-state index is -0.670. The quantitative estimate of drug-likeness (QED) is 0.654. The van der Waals surface area contributed by atoms with Gasteiger partial charge in [-0.05, 0) is 24.6 Å². The minimum Gasteiger partial charge on any atom is -0.493 e. The predicted molar refractivity (Wildman–Crippen MR) is 80.8 cm³/mol. The molecule has 0 saturated heterocycles. The molecule has 0 aliphatic rings. The maximum absolute atomic E-state index is 11.9.